The SMILES string of the molecule is Cc1ccc([S@](=O)C[C@@H](O)C#N)cc1. The molecule has 1 rings (SSSR count). The Morgan fingerprint density at radius 3 is 2.57 bits per heavy atom. The van der Waals surface area contributed by atoms with E-state index in [-0.39, 0.29) is 5.75 Å². The van der Waals surface area contributed by atoms with Crippen LogP contribution in [0.1, 0.15) is 5.56 Å². The highest BCUT2D eigenvalue weighted by atomic mass is 32.2. The Morgan fingerprint density at radius 2 is 2.07 bits per heavy atom. The molecule has 0 amide bonds. The minimum absolute atomic E-state index is 0.0282. The summed E-state index contributed by atoms with van der Waals surface area (Å²) in [5.41, 5.74) is 1.09. The Hall–Kier alpha value is -1.18. The zero-order valence-corrected chi connectivity index (χ0v) is 8.62. The lowest BCUT2D eigenvalue weighted by Gasteiger charge is -2.02. The third kappa shape index (κ3) is 2.95. The fourth-order valence-electron chi connectivity index (χ4n) is 0.967. The van der Waals surface area contributed by atoms with E-state index in [0.29, 0.717) is 4.90 Å². The molecule has 4 heteroatoms. The van der Waals surface area contributed by atoms with Crippen LogP contribution in [0, 0.1) is 18.3 Å². The summed E-state index contributed by atoms with van der Waals surface area (Å²) in [6, 6.07) is 8.84. The molecule has 0 saturated heterocycles. The van der Waals surface area contributed by atoms with Gasteiger partial charge in [0.1, 0.15) is 0 Å². The van der Waals surface area contributed by atoms with Crippen LogP contribution in [0.4, 0.5) is 0 Å². The Morgan fingerprint density at radius 1 is 1.50 bits per heavy atom. The molecular weight excluding hydrogens is 198 g/mol. The second kappa shape index (κ2) is 4.89. The smallest absolute Gasteiger partial charge is 0.152 e. The van der Waals surface area contributed by atoms with E-state index in [2.05, 4.69) is 0 Å². The Balaban J connectivity index is 2.71. The van der Waals surface area contributed by atoms with Crippen molar-refractivity contribution in [3.63, 3.8) is 0 Å². The number of nitrogens with zero attached hydrogens (tertiary/aromatic N) is 1. The number of hydrogen-bond donors (Lipinski definition) is 1. The van der Waals surface area contributed by atoms with Crippen LogP contribution in [-0.2, 0) is 10.8 Å². The molecule has 1 aromatic carbocycles. The van der Waals surface area contributed by atoms with Gasteiger partial charge in [0.05, 0.1) is 22.6 Å². The largest absolute Gasteiger partial charge is 0.377 e. The van der Waals surface area contributed by atoms with Crippen LogP contribution in [0.3, 0.4) is 0 Å². The summed E-state index contributed by atoms with van der Waals surface area (Å²) < 4.78 is 11.5. The van der Waals surface area contributed by atoms with Gasteiger partial charge in [-0.2, -0.15) is 5.26 Å². The summed E-state index contributed by atoms with van der Waals surface area (Å²) in [6.45, 7) is 1.94. The van der Waals surface area contributed by atoms with E-state index in [9.17, 15) is 4.21 Å². The van der Waals surface area contributed by atoms with E-state index in [4.69, 9.17) is 10.4 Å². The number of benzene rings is 1. The summed E-state index contributed by atoms with van der Waals surface area (Å²) >= 11 is 0. The van der Waals surface area contributed by atoms with Gasteiger partial charge >= 0.3 is 0 Å². The van der Waals surface area contributed by atoms with E-state index in [0.717, 1.165) is 5.56 Å². The van der Waals surface area contributed by atoms with Crippen LogP contribution < -0.4 is 0 Å². The van der Waals surface area contributed by atoms with Gasteiger partial charge in [-0.15, -0.1) is 0 Å². The third-order valence-corrected chi connectivity index (χ3v) is 3.16. The van der Waals surface area contributed by atoms with Crippen molar-refractivity contribution in [3.8, 4) is 6.07 Å². The molecule has 74 valence electrons. The second-order valence-electron chi connectivity index (χ2n) is 2.97. The molecule has 0 fully saturated rings. The first-order valence-electron chi connectivity index (χ1n) is 4.16. The third-order valence-electron chi connectivity index (χ3n) is 1.74. The molecule has 0 radical (unpaired) electrons. The monoisotopic (exact) mass is 209 g/mol. The van der Waals surface area contributed by atoms with Crippen molar-refractivity contribution in [1.29, 1.82) is 5.26 Å². The molecule has 0 bridgehead atoms. The average molecular weight is 209 g/mol. The van der Waals surface area contributed by atoms with Crippen molar-refractivity contribution in [2.75, 3.05) is 5.75 Å². The molecule has 0 heterocycles. The predicted octanol–water partition coefficient (Wildman–Crippen LogP) is 0.987. The highest BCUT2D eigenvalue weighted by Crippen LogP contribution is 2.09. The molecule has 3 nitrogen and oxygen atoms in total. The fraction of sp³-hybridized carbons (Fsp3) is 0.300. The molecule has 0 saturated carbocycles. The minimum atomic E-state index is -1.29. The first-order chi connectivity index (χ1) is 6.63. The second-order valence-corrected chi connectivity index (χ2v) is 4.47. The molecule has 0 unspecified atom stereocenters. The highest BCUT2D eigenvalue weighted by molar-refractivity contribution is 7.85. The van der Waals surface area contributed by atoms with E-state index < -0.39 is 16.9 Å². The number of rotatable bonds is 3. The fourth-order valence-corrected chi connectivity index (χ4v) is 1.96. The van der Waals surface area contributed by atoms with E-state index in [1.165, 1.54) is 0 Å². The number of nitriles is 1. The molecule has 1 N–H and O–H groups in total. The van der Waals surface area contributed by atoms with Gasteiger partial charge in [0, 0.05) is 4.90 Å². The lowest BCUT2D eigenvalue weighted by atomic mass is 10.2. The molecule has 0 aliphatic rings. The summed E-state index contributed by atoms with van der Waals surface area (Å²) in [4.78, 5) is 0.643. The van der Waals surface area contributed by atoms with Gasteiger partial charge in [-0.25, -0.2) is 0 Å². The molecule has 0 aliphatic heterocycles. The Labute approximate surface area is 85.5 Å². The summed E-state index contributed by atoms with van der Waals surface area (Å²) in [5.74, 6) is -0.0282. The first kappa shape index (κ1) is 10.9. The van der Waals surface area contributed by atoms with Gasteiger partial charge in [0.2, 0.25) is 0 Å². The molecule has 0 aliphatic carbocycles. The molecule has 0 spiro atoms. The highest BCUT2D eigenvalue weighted by Gasteiger charge is 2.09. The average Bonchev–Trinajstić information content (AvgIpc) is 2.18. The van der Waals surface area contributed by atoms with Crippen molar-refractivity contribution in [2.45, 2.75) is 17.9 Å². The lowest BCUT2D eigenvalue weighted by Crippen LogP contribution is -2.14. The van der Waals surface area contributed by atoms with Crippen molar-refractivity contribution in [1.82, 2.24) is 0 Å². The van der Waals surface area contributed by atoms with Crippen LogP contribution >= 0.6 is 0 Å². The number of hydrogen-bond acceptors (Lipinski definition) is 3. The quantitative estimate of drug-likeness (QED) is 0.755. The summed E-state index contributed by atoms with van der Waals surface area (Å²) in [7, 11) is -1.29. The van der Waals surface area contributed by atoms with E-state index in [1.807, 2.05) is 19.1 Å². The maximum absolute atomic E-state index is 11.5. The maximum Gasteiger partial charge on any atom is 0.152 e. The van der Waals surface area contributed by atoms with Crippen LogP contribution in [0.15, 0.2) is 29.2 Å². The van der Waals surface area contributed by atoms with Gasteiger partial charge in [-0.3, -0.25) is 4.21 Å². The van der Waals surface area contributed by atoms with Crippen molar-refractivity contribution in [2.24, 2.45) is 0 Å². The molecule has 14 heavy (non-hydrogen) atoms. The van der Waals surface area contributed by atoms with Crippen LogP contribution in [0.2, 0.25) is 0 Å². The first-order valence-corrected chi connectivity index (χ1v) is 5.48. The topological polar surface area (TPSA) is 61.1 Å². The number of aliphatic hydroxyl groups excluding tert-OH is 1. The number of aryl methyl sites for hydroxylation is 1. The van der Waals surface area contributed by atoms with Crippen molar-refractivity contribution in [3.05, 3.63) is 29.8 Å². The Bertz CT molecular complexity index is 367. The summed E-state index contributed by atoms with van der Waals surface area (Å²) in [5, 5.41) is 17.3. The predicted molar refractivity (Wildman–Crippen MR) is 54.1 cm³/mol. The van der Waals surface area contributed by atoms with E-state index >= 15 is 0 Å². The minimum Gasteiger partial charge on any atom is -0.377 e. The van der Waals surface area contributed by atoms with Crippen molar-refractivity contribution >= 4 is 10.8 Å². The molecule has 1 aromatic rings. The summed E-state index contributed by atoms with van der Waals surface area (Å²) in [6.07, 6.45) is -1.16. The molecule has 2 atom stereocenters. The zero-order chi connectivity index (χ0) is 10.6. The van der Waals surface area contributed by atoms with E-state index in [1.54, 1.807) is 18.2 Å². The number of aliphatic hydroxyl groups is 1. The standard InChI is InChI=1S/C10H11NO2S/c1-8-2-4-10(5-3-8)14(13)7-9(12)6-11/h2-5,9,12H,7H2,1H3/t9-,14+/m0/s1. The van der Waals surface area contributed by atoms with Gasteiger partial charge in [-0.1, -0.05) is 17.7 Å². The van der Waals surface area contributed by atoms with Gasteiger partial charge in [0.25, 0.3) is 0 Å². The Kier molecular flexibility index (Phi) is 3.81. The van der Waals surface area contributed by atoms with Gasteiger partial charge < -0.3 is 5.11 Å². The maximum atomic E-state index is 11.5. The zero-order valence-electron chi connectivity index (χ0n) is 7.80. The van der Waals surface area contributed by atoms with Crippen molar-refractivity contribution < 1.29 is 9.32 Å². The molecule has 0 aromatic heterocycles. The van der Waals surface area contributed by atoms with Crippen LogP contribution in [0.5, 0.6) is 0 Å². The normalized spacial score (nSPS) is 14.4. The van der Waals surface area contributed by atoms with Crippen LogP contribution in [-0.4, -0.2) is 21.2 Å². The van der Waals surface area contributed by atoms with Crippen LogP contribution in [0.25, 0.3) is 0 Å². The molecular formula is C10H11NO2S. The van der Waals surface area contributed by atoms with Gasteiger partial charge in [0.15, 0.2) is 6.10 Å². The lowest BCUT2D eigenvalue weighted by molar-refractivity contribution is 0.254. The van der Waals surface area contributed by atoms with Gasteiger partial charge in [-0.05, 0) is 19.1 Å².